The lowest BCUT2D eigenvalue weighted by molar-refractivity contribution is -0.137. The van der Waals surface area contributed by atoms with E-state index < -0.39 is 29.3 Å². The molecular formula is C20H14F4N6O. The Kier molecular flexibility index (Phi) is 5.65. The van der Waals surface area contributed by atoms with E-state index in [4.69, 9.17) is 17.2 Å². The Balaban J connectivity index is 1.97. The first-order valence-corrected chi connectivity index (χ1v) is 8.52. The van der Waals surface area contributed by atoms with Gasteiger partial charge in [-0.2, -0.15) is 13.2 Å². The number of anilines is 4. The number of nitrogens with two attached hydrogens (primary N) is 3. The summed E-state index contributed by atoms with van der Waals surface area (Å²) >= 11 is 0. The summed E-state index contributed by atoms with van der Waals surface area (Å²) in [7, 11) is 0. The third-order valence-electron chi connectivity index (χ3n) is 4.10. The van der Waals surface area contributed by atoms with Crippen molar-refractivity contribution >= 4 is 29.0 Å². The van der Waals surface area contributed by atoms with E-state index >= 15 is 0 Å². The van der Waals surface area contributed by atoms with E-state index in [1.54, 1.807) is 0 Å². The molecule has 0 atom stereocenters. The molecule has 3 aromatic rings. The van der Waals surface area contributed by atoms with Crippen molar-refractivity contribution in [3.8, 4) is 11.8 Å². The van der Waals surface area contributed by atoms with Crippen LogP contribution in [0.3, 0.4) is 0 Å². The van der Waals surface area contributed by atoms with Crippen molar-refractivity contribution in [2.24, 2.45) is 5.73 Å². The SMILES string of the molecule is NC(=O)N(c1ccc(C#Cc2c(N)ncnc2N)cc1)c1cc(C(F)(F)F)ccc1F. The van der Waals surface area contributed by atoms with Gasteiger partial charge in [-0.1, -0.05) is 11.8 Å². The van der Waals surface area contributed by atoms with Crippen LogP contribution < -0.4 is 22.1 Å². The highest BCUT2D eigenvalue weighted by Crippen LogP contribution is 2.35. The van der Waals surface area contributed by atoms with Crippen molar-refractivity contribution in [3.05, 3.63) is 71.3 Å². The molecule has 7 nitrogen and oxygen atoms in total. The molecule has 0 unspecified atom stereocenters. The van der Waals surface area contributed by atoms with Crippen LogP contribution in [0, 0.1) is 17.7 Å². The zero-order valence-corrected chi connectivity index (χ0v) is 15.6. The second-order valence-corrected chi connectivity index (χ2v) is 6.15. The maximum atomic E-state index is 14.2. The van der Waals surface area contributed by atoms with Crippen LogP contribution in [0.25, 0.3) is 0 Å². The van der Waals surface area contributed by atoms with Crippen molar-refractivity contribution in [2.45, 2.75) is 6.18 Å². The highest BCUT2D eigenvalue weighted by molar-refractivity contribution is 5.98. The van der Waals surface area contributed by atoms with Crippen molar-refractivity contribution < 1.29 is 22.4 Å². The Hall–Kier alpha value is -4.33. The van der Waals surface area contributed by atoms with Gasteiger partial charge in [-0.05, 0) is 42.5 Å². The summed E-state index contributed by atoms with van der Waals surface area (Å²) in [5.74, 6) is 4.63. The minimum Gasteiger partial charge on any atom is -0.382 e. The smallest absolute Gasteiger partial charge is 0.382 e. The standard InChI is InChI=1S/C20H14F4N6O/c21-15-8-4-12(20(22,23)24)9-16(15)30(19(27)31)13-5-1-11(2-6-13)3-7-14-17(25)28-10-29-18(14)26/h1-2,4-6,8-10H,(H2,27,31)(H4,25,26,28,29). The summed E-state index contributed by atoms with van der Waals surface area (Å²) in [6.45, 7) is 0. The Labute approximate surface area is 173 Å². The number of nitrogen functional groups attached to an aromatic ring is 2. The molecular weight excluding hydrogens is 416 g/mol. The topological polar surface area (TPSA) is 124 Å². The number of halogens is 4. The van der Waals surface area contributed by atoms with Gasteiger partial charge in [0.15, 0.2) is 0 Å². The van der Waals surface area contributed by atoms with Crippen LogP contribution in [0.15, 0.2) is 48.8 Å². The first-order chi connectivity index (χ1) is 14.6. The van der Waals surface area contributed by atoms with E-state index in [1.807, 2.05) is 0 Å². The number of alkyl halides is 3. The van der Waals surface area contributed by atoms with E-state index in [0.29, 0.717) is 28.7 Å². The molecule has 0 aliphatic rings. The molecule has 2 aromatic carbocycles. The second kappa shape index (κ2) is 8.19. The summed E-state index contributed by atoms with van der Waals surface area (Å²) < 4.78 is 53.2. The Morgan fingerprint density at radius 1 is 0.968 bits per heavy atom. The third-order valence-corrected chi connectivity index (χ3v) is 4.10. The van der Waals surface area contributed by atoms with Gasteiger partial charge in [0.05, 0.1) is 16.9 Å². The number of urea groups is 1. The van der Waals surface area contributed by atoms with Gasteiger partial charge in [-0.25, -0.2) is 19.2 Å². The number of amides is 2. The number of benzene rings is 2. The molecule has 0 aliphatic heterocycles. The zero-order valence-electron chi connectivity index (χ0n) is 15.6. The van der Waals surface area contributed by atoms with Crippen molar-refractivity contribution in [2.75, 3.05) is 16.4 Å². The van der Waals surface area contributed by atoms with Crippen LogP contribution in [-0.2, 0) is 6.18 Å². The first kappa shape index (κ1) is 21.4. The first-order valence-electron chi connectivity index (χ1n) is 8.52. The monoisotopic (exact) mass is 430 g/mol. The van der Waals surface area contributed by atoms with Gasteiger partial charge < -0.3 is 17.2 Å². The molecule has 3 rings (SSSR count). The number of hydrogen-bond donors (Lipinski definition) is 3. The molecule has 31 heavy (non-hydrogen) atoms. The third kappa shape index (κ3) is 4.64. The van der Waals surface area contributed by atoms with Crippen LogP contribution in [0.5, 0.6) is 0 Å². The lowest BCUT2D eigenvalue weighted by Gasteiger charge is -2.22. The fourth-order valence-corrected chi connectivity index (χ4v) is 2.62. The molecule has 0 aliphatic carbocycles. The predicted octanol–water partition coefficient (Wildman–Crippen LogP) is 3.42. The number of primary amides is 1. The molecule has 0 saturated carbocycles. The highest BCUT2D eigenvalue weighted by Gasteiger charge is 2.32. The zero-order chi connectivity index (χ0) is 22.8. The molecule has 0 radical (unpaired) electrons. The minimum absolute atomic E-state index is 0.0401. The van der Waals surface area contributed by atoms with Gasteiger partial charge in [0.2, 0.25) is 0 Å². The normalized spacial score (nSPS) is 10.8. The fourth-order valence-electron chi connectivity index (χ4n) is 2.62. The van der Waals surface area contributed by atoms with Crippen LogP contribution in [0.2, 0.25) is 0 Å². The summed E-state index contributed by atoms with van der Waals surface area (Å²) in [6.07, 6.45) is -3.54. The van der Waals surface area contributed by atoms with E-state index in [2.05, 4.69) is 21.8 Å². The molecule has 1 aromatic heterocycles. The van der Waals surface area contributed by atoms with Gasteiger partial charge in [0.1, 0.15) is 29.3 Å². The van der Waals surface area contributed by atoms with Crippen LogP contribution in [0.4, 0.5) is 45.4 Å². The van der Waals surface area contributed by atoms with Crippen LogP contribution in [-0.4, -0.2) is 16.0 Å². The van der Waals surface area contributed by atoms with Gasteiger partial charge in [0.25, 0.3) is 0 Å². The summed E-state index contributed by atoms with van der Waals surface area (Å²) in [5.41, 5.74) is 15.7. The Morgan fingerprint density at radius 2 is 1.58 bits per heavy atom. The van der Waals surface area contributed by atoms with Crippen molar-refractivity contribution in [3.63, 3.8) is 0 Å². The number of carbonyl (C=O) groups excluding carboxylic acids is 1. The maximum absolute atomic E-state index is 14.2. The number of carbonyl (C=O) groups is 1. The Morgan fingerprint density at radius 3 is 2.13 bits per heavy atom. The maximum Gasteiger partial charge on any atom is 0.416 e. The number of hydrogen-bond acceptors (Lipinski definition) is 5. The second-order valence-electron chi connectivity index (χ2n) is 6.15. The lowest BCUT2D eigenvalue weighted by Crippen LogP contribution is -2.32. The number of aromatic nitrogens is 2. The molecule has 0 spiro atoms. The molecule has 1 heterocycles. The van der Waals surface area contributed by atoms with Gasteiger partial charge in [-0.3, -0.25) is 4.90 Å². The molecule has 0 fully saturated rings. The van der Waals surface area contributed by atoms with Gasteiger partial charge >= 0.3 is 12.2 Å². The largest absolute Gasteiger partial charge is 0.416 e. The number of rotatable bonds is 2. The van der Waals surface area contributed by atoms with E-state index in [0.717, 1.165) is 0 Å². The van der Waals surface area contributed by atoms with E-state index in [-0.39, 0.29) is 22.9 Å². The Bertz CT molecular complexity index is 1180. The quantitative estimate of drug-likeness (QED) is 0.425. The van der Waals surface area contributed by atoms with Crippen LogP contribution >= 0.6 is 0 Å². The average molecular weight is 430 g/mol. The molecule has 2 amide bonds. The van der Waals surface area contributed by atoms with Gasteiger partial charge in [-0.15, -0.1) is 0 Å². The molecule has 11 heteroatoms. The average Bonchev–Trinajstić information content (AvgIpc) is 2.69. The molecule has 158 valence electrons. The molecule has 6 N–H and O–H groups in total. The van der Waals surface area contributed by atoms with E-state index in [9.17, 15) is 22.4 Å². The molecule has 0 saturated heterocycles. The minimum atomic E-state index is -4.73. The summed E-state index contributed by atoms with van der Waals surface area (Å²) in [4.78, 5) is 20.1. The lowest BCUT2D eigenvalue weighted by atomic mass is 10.1. The van der Waals surface area contributed by atoms with Crippen molar-refractivity contribution in [1.29, 1.82) is 0 Å². The molecule has 0 bridgehead atoms. The highest BCUT2D eigenvalue weighted by atomic mass is 19.4. The van der Waals surface area contributed by atoms with Crippen molar-refractivity contribution in [1.82, 2.24) is 9.97 Å². The van der Waals surface area contributed by atoms with Gasteiger partial charge in [0, 0.05) is 5.56 Å². The number of nitrogens with zero attached hydrogens (tertiary/aromatic N) is 3. The fraction of sp³-hybridized carbons (Fsp3) is 0.0500. The predicted molar refractivity (Wildman–Crippen MR) is 106 cm³/mol. The summed E-state index contributed by atoms with van der Waals surface area (Å²) in [6, 6.07) is 6.14. The van der Waals surface area contributed by atoms with E-state index in [1.165, 1.54) is 30.6 Å². The van der Waals surface area contributed by atoms with Crippen LogP contribution in [0.1, 0.15) is 16.7 Å². The summed E-state index contributed by atoms with van der Waals surface area (Å²) in [5, 5.41) is 0.